The van der Waals surface area contributed by atoms with Crippen LogP contribution in [0.2, 0.25) is 0 Å². The fourth-order valence-corrected chi connectivity index (χ4v) is 12.5. The van der Waals surface area contributed by atoms with Crippen molar-refractivity contribution in [2.24, 2.45) is 0 Å². The van der Waals surface area contributed by atoms with Crippen LogP contribution in [-0.2, 0) is 23.9 Å². The summed E-state index contributed by atoms with van der Waals surface area (Å²) in [6, 6.07) is 56.7. The van der Waals surface area contributed by atoms with Crippen LogP contribution < -0.4 is 0 Å². The molecule has 0 saturated carbocycles. The highest BCUT2D eigenvalue weighted by Gasteiger charge is 2.57. The molecule has 12 rings (SSSR count). The lowest BCUT2D eigenvalue weighted by Gasteiger charge is -2.11. The molecular formula is C52H32Cl2F6O6S4. The van der Waals surface area contributed by atoms with Crippen LogP contribution in [0.5, 0.6) is 5.75 Å². The third-order valence-electron chi connectivity index (χ3n) is 11.6. The monoisotopic (exact) mass is 1060 g/mol. The Labute approximate surface area is 412 Å². The van der Waals surface area contributed by atoms with E-state index in [1.54, 1.807) is 6.07 Å². The molecule has 0 unspecified atom stereocenters. The Morgan fingerprint density at radius 3 is 1.13 bits per heavy atom. The van der Waals surface area contributed by atoms with Crippen molar-refractivity contribution in [3.8, 4) is 5.75 Å². The molecule has 0 saturated heterocycles. The average molecular weight is 1070 g/mol. The number of aryl methyl sites for hydroxylation is 1. The van der Waals surface area contributed by atoms with Crippen LogP contribution in [0.25, 0.3) is 105 Å². The molecule has 0 aliphatic heterocycles. The second-order valence-electron chi connectivity index (χ2n) is 15.8. The van der Waals surface area contributed by atoms with Gasteiger partial charge in [0.2, 0.25) is 0 Å². The summed E-state index contributed by atoms with van der Waals surface area (Å²) in [6.07, 6.45) is 0. The molecule has 0 spiro atoms. The van der Waals surface area contributed by atoms with Gasteiger partial charge < -0.3 is 5.11 Å². The quantitative estimate of drug-likeness (QED) is 0.0802. The van der Waals surface area contributed by atoms with E-state index in [9.17, 15) is 48.3 Å². The van der Waals surface area contributed by atoms with Gasteiger partial charge in [0, 0.05) is 40.3 Å². The molecule has 0 bridgehead atoms. The minimum absolute atomic E-state index is 0.194. The average Bonchev–Trinajstić information content (AvgIpc) is 3.87. The van der Waals surface area contributed by atoms with Crippen LogP contribution in [0, 0.1) is 6.92 Å². The van der Waals surface area contributed by atoms with E-state index < -0.39 is 31.3 Å². The van der Waals surface area contributed by atoms with Gasteiger partial charge in [-0.25, -0.2) is 0 Å². The molecule has 356 valence electrons. The lowest BCUT2D eigenvalue weighted by Crippen LogP contribution is -2.34. The van der Waals surface area contributed by atoms with Gasteiger partial charge in [0.1, 0.15) is 5.75 Å². The molecule has 0 aliphatic carbocycles. The zero-order valence-electron chi connectivity index (χ0n) is 35.9. The molecule has 0 amide bonds. The first kappa shape index (κ1) is 49.0. The van der Waals surface area contributed by atoms with E-state index in [0.29, 0.717) is 5.75 Å². The van der Waals surface area contributed by atoms with Crippen LogP contribution in [0.3, 0.4) is 0 Å². The first-order valence-electron chi connectivity index (χ1n) is 20.7. The van der Waals surface area contributed by atoms with Gasteiger partial charge >= 0.3 is 31.3 Å². The minimum atomic E-state index is -6.85. The van der Waals surface area contributed by atoms with Crippen molar-refractivity contribution in [1.82, 2.24) is 0 Å². The molecule has 70 heavy (non-hydrogen) atoms. The number of thiophene rings is 2. The van der Waals surface area contributed by atoms with Crippen molar-refractivity contribution < 1.29 is 51.9 Å². The third-order valence-corrected chi connectivity index (χ3v) is 16.4. The summed E-state index contributed by atoms with van der Waals surface area (Å²) >= 11 is 13.3. The number of phenolic OH excluding ortho intramolecular Hbond substituents is 1. The van der Waals surface area contributed by atoms with Crippen molar-refractivity contribution in [3.63, 3.8) is 0 Å². The predicted molar refractivity (Wildman–Crippen MR) is 278 cm³/mol. The molecular weight excluding hydrogens is 1030 g/mol. The number of aromatic hydroxyl groups is 1. The van der Waals surface area contributed by atoms with Crippen molar-refractivity contribution in [1.29, 1.82) is 0 Å². The van der Waals surface area contributed by atoms with Crippen LogP contribution in [0.4, 0.5) is 26.3 Å². The summed E-state index contributed by atoms with van der Waals surface area (Å²) in [5.74, 6) is 0.310. The highest BCUT2D eigenvalue weighted by Crippen LogP contribution is 2.44. The molecule has 10 aromatic carbocycles. The van der Waals surface area contributed by atoms with Gasteiger partial charge in [-0.3, -0.25) is 0 Å². The van der Waals surface area contributed by atoms with E-state index in [1.165, 1.54) is 105 Å². The van der Waals surface area contributed by atoms with Crippen LogP contribution in [-0.4, -0.2) is 38.3 Å². The maximum absolute atomic E-state index is 11.4. The second kappa shape index (κ2) is 18.6. The van der Waals surface area contributed by atoms with E-state index in [0.717, 1.165) is 5.39 Å². The number of benzene rings is 10. The van der Waals surface area contributed by atoms with Gasteiger partial charge in [-0.2, -0.15) is 43.2 Å². The SMILES string of the molecule is Cc1ccc2c(c1)c1ccccc1c1cc3c(cc21)sc1ccccc13.ClCCl.O=S(=O)(OS(=O)(=O)C(F)(F)F)C(F)(F)F.Oc1ccc2c(c1)c1ccccc1c1cc3c(cc21)sc1ccccc13. The standard InChI is InChI=1S/C25H16S.C24H14OS.C2F6O5S2.CH2Cl2/c1-15-10-11-18-20(12-15)16-6-2-3-7-17(16)21-13-23-19-8-4-5-9-24(19)26-25(23)14-22(18)21;25-14-9-10-17-19(11-14)15-5-1-2-6-16(15)20-12-22-18-7-3-4-8-23(18)26-24(22)13-21(17)20;3-1(4,5)14(9,10)13-15(11,12)2(6,7)8;2-1-3/h2-14H,1H3;1-13,25H;;1H2. The Morgan fingerprint density at radius 1 is 0.414 bits per heavy atom. The first-order chi connectivity index (χ1) is 33.2. The van der Waals surface area contributed by atoms with Crippen LogP contribution in [0.15, 0.2) is 158 Å². The Morgan fingerprint density at radius 2 is 0.729 bits per heavy atom. The van der Waals surface area contributed by atoms with E-state index in [4.69, 9.17) is 23.2 Å². The predicted octanol–water partition coefficient (Wildman–Crippen LogP) is 17.2. The molecule has 18 heteroatoms. The van der Waals surface area contributed by atoms with E-state index in [1.807, 2.05) is 38.4 Å². The lowest BCUT2D eigenvalue weighted by molar-refractivity contribution is -0.0585. The number of fused-ring (bicyclic) bond motifs is 18. The number of hydrogen-bond acceptors (Lipinski definition) is 8. The maximum Gasteiger partial charge on any atom is 0.524 e. The Bertz CT molecular complexity index is 4000. The van der Waals surface area contributed by atoms with E-state index in [2.05, 4.69) is 146 Å². The summed E-state index contributed by atoms with van der Waals surface area (Å²) < 4.78 is 115. The summed E-state index contributed by atoms with van der Waals surface area (Å²) in [6.45, 7) is 2.17. The van der Waals surface area contributed by atoms with Crippen LogP contribution in [0.1, 0.15) is 5.56 Å². The Hall–Kier alpha value is -5.98. The van der Waals surface area contributed by atoms with Crippen LogP contribution >= 0.6 is 45.9 Å². The summed E-state index contributed by atoms with van der Waals surface area (Å²) in [4.78, 5) is 0. The van der Waals surface area contributed by atoms with E-state index >= 15 is 0 Å². The number of alkyl halides is 8. The summed E-state index contributed by atoms with van der Waals surface area (Å²) in [5.41, 5.74) is -11.2. The Balaban J connectivity index is 0.000000132. The molecule has 0 radical (unpaired) electrons. The van der Waals surface area contributed by atoms with Gasteiger partial charge in [-0.05, 0) is 120 Å². The number of rotatable bonds is 2. The number of halogens is 8. The zero-order valence-corrected chi connectivity index (χ0v) is 40.6. The Kier molecular flexibility index (Phi) is 13.1. The highest BCUT2D eigenvalue weighted by atomic mass is 35.5. The van der Waals surface area contributed by atoms with Crippen molar-refractivity contribution >= 4 is 171 Å². The fourth-order valence-electron chi connectivity index (χ4n) is 8.64. The molecule has 6 nitrogen and oxygen atoms in total. The molecule has 12 aromatic rings. The van der Waals surface area contributed by atoms with Crippen molar-refractivity contribution in [3.05, 3.63) is 163 Å². The highest BCUT2D eigenvalue weighted by molar-refractivity contribution is 8.00. The largest absolute Gasteiger partial charge is 0.524 e. The maximum atomic E-state index is 11.4. The number of hydrogen-bond donors (Lipinski definition) is 1. The first-order valence-corrected chi connectivity index (χ1v) is 26.2. The molecule has 0 atom stereocenters. The van der Waals surface area contributed by atoms with Crippen molar-refractivity contribution in [2.45, 2.75) is 17.9 Å². The fraction of sp³-hybridized carbons (Fsp3) is 0.0769. The smallest absolute Gasteiger partial charge is 0.508 e. The van der Waals surface area contributed by atoms with Crippen molar-refractivity contribution in [2.75, 3.05) is 5.34 Å². The van der Waals surface area contributed by atoms with Gasteiger partial charge in [0.05, 0.1) is 5.34 Å². The van der Waals surface area contributed by atoms with Gasteiger partial charge in [0.25, 0.3) is 0 Å². The molecule has 0 aliphatic rings. The second-order valence-corrected chi connectivity index (χ2v) is 22.1. The lowest BCUT2D eigenvalue weighted by atomic mass is 9.92. The van der Waals surface area contributed by atoms with E-state index in [-0.39, 0.29) is 5.34 Å². The number of phenols is 1. The molecule has 0 fully saturated rings. The zero-order chi connectivity index (χ0) is 49.9. The third kappa shape index (κ3) is 9.02. The molecule has 1 N–H and O–H groups in total. The minimum Gasteiger partial charge on any atom is -0.508 e. The van der Waals surface area contributed by atoms with Gasteiger partial charge in [-0.15, -0.1) is 49.5 Å². The topological polar surface area (TPSA) is 97.7 Å². The molecule has 2 aromatic heterocycles. The van der Waals surface area contributed by atoms with Gasteiger partial charge in [0.15, 0.2) is 0 Å². The summed E-state index contributed by atoms with van der Waals surface area (Å²) in [5, 5.41) is 30.9. The molecule has 2 heterocycles. The van der Waals surface area contributed by atoms with Gasteiger partial charge in [-0.1, -0.05) is 115 Å². The summed E-state index contributed by atoms with van der Waals surface area (Å²) in [7, 11) is -13.7. The normalized spacial score (nSPS) is 12.5.